The Morgan fingerprint density at radius 1 is 1.26 bits per heavy atom. The van der Waals surface area contributed by atoms with E-state index in [1.165, 1.54) is 24.8 Å². The highest BCUT2D eigenvalue weighted by atomic mass is 16.3. The Balaban J connectivity index is 1.81. The summed E-state index contributed by atoms with van der Waals surface area (Å²) in [5.41, 5.74) is 3.21. The van der Waals surface area contributed by atoms with Crippen LogP contribution >= 0.6 is 0 Å². The molecule has 1 unspecified atom stereocenters. The number of nitrogens with zero attached hydrogens (tertiary/aromatic N) is 2. The Labute approximate surface area is 113 Å². The molecule has 1 saturated carbocycles. The van der Waals surface area contributed by atoms with E-state index in [1.807, 2.05) is 29.8 Å². The molecule has 1 heterocycles. The van der Waals surface area contributed by atoms with E-state index >= 15 is 0 Å². The summed E-state index contributed by atoms with van der Waals surface area (Å²) in [7, 11) is 0. The molecule has 0 spiro atoms. The summed E-state index contributed by atoms with van der Waals surface area (Å²) in [5.74, 6) is 0.743. The largest absolute Gasteiger partial charge is 0.382 e. The maximum absolute atomic E-state index is 10.4. The number of rotatable bonds is 4. The van der Waals surface area contributed by atoms with E-state index in [0.717, 1.165) is 23.7 Å². The number of benzene rings is 1. The van der Waals surface area contributed by atoms with Crippen LogP contribution in [0.3, 0.4) is 0 Å². The fourth-order valence-corrected chi connectivity index (χ4v) is 2.70. The summed E-state index contributed by atoms with van der Waals surface area (Å²) in [6.07, 6.45) is 5.13. The molecular formula is C16H20N2O. The van der Waals surface area contributed by atoms with Crippen molar-refractivity contribution in [1.82, 2.24) is 9.78 Å². The van der Waals surface area contributed by atoms with Gasteiger partial charge >= 0.3 is 0 Å². The minimum atomic E-state index is -0.585. The Kier molecular flexibility index (Phi) is 3.38. The summed E-state index contributed by atoms with van der Waals surface area (Å²) < 4.78 is 1.84. The van der Waals surface area contributed by atoms with Crippen molar-refractivity contribution in [2.45, 2.75) is 44.8 Å². The van der Waals surface area contributed by atoms with Crippen molar-refractivity contribution in [1.29, 1.82) is 0 Å². The molecule has 1 aliphatic rings. The van der Waals surface area contributed by atoms with Crippen LogP contribution in [0.5, 0.6) is 0 Å². The van der Waals surface area contributed by atoms with Crippen LogP contribution in [-0.4, -0.2) is 14.9 Å². The highest BCUT2D eigenvalue weighted by Gasteiger charge is 2.20. The van der Waals surface area contributed by atoms with Crippen LogP contribution in [0.4, 0.5) is 0 Å². The smallest absolute Gasteiger partial charge is 0.121 e. The fourth-order valence-electron chi connectivity index (χ4n) is 2.70. The molecule has 3 heteroatoms. The van der Waals surface area contributed by atoms with Gasteiger partial charge in [-0.05, 0) is 42.9 Å². The lowest BCUT2D eigenvalue weighted by Crippen LogP contribution is -2.10. The van der Waals surface area contributed by atoms with Gasteiger partial charge in [0, 0.05) is 12.7 Å². The molecule has 1 aromatic heterocycles. The van der Waals surface area contributed by atoms with E-state index in [0.29, 0.717) is 0 Å². The summed E-state index contributed by atoms with van der Waals surface area (Å²) in [6, 6.07) is 10.3. The van der Waals surface area contributed by atoms with Gasteiger partial charge < -0.3 is 5.11 Å². The SMILES string of the molecule is CCn1nccc1C(O)c1ccc(C2CCC2)cc1. The zero-order valence-corrected chi connectivity index (χ0v) is 11.3. The van der Waals surface area contributed by atoms with Crippen molar-refractivity contribution in [3.63, 3.8) is 0 Å². The zero-order chi connectivity index (χ0) is 13.2. The third kappa shape index (κ3) is 2.30. The van der Waals surface area contributed by atoms with Gasteiger partial charge in [0.15, 0.2) is 0 Å². The highest BCUT2D eigenvalue weighted by Crippen LogP contribution is 2.36. The molecule has 3 nitrogen and oxygen atoms in total. The minimum absolute atomic E-state index is 0.585. The monoisotopic (exact) mass is 256 g/mol. The maximum atomic E-state index is 10.4. The Morgan fingerprint density at radius 3 is 2.58 bits per heavy atom. The number of aryl methyl sites for hydroxylation is 1. The molecule has 0 radical (unpaired) electrons. The van der Waals surface area contributed by atoms with Gasteiger partial charge in [0.1, 0.15) is 6.10 Å². The number of aliphatic hydroxyl groups excluding tert-OH is 1. The molecule has 1 fully saturated rings. The molecule has 1 N–H and O–H groups in total. The summed E-state index contributed by atoms with van der Waals surface area (Å²) in [6.45, 7) is 2.81. The van der Waals surface area contributed by atoms with Crippen LogP contribution in [0.2, 0.25) is 0 Å². The third-order valence-corrected chi connectivity index (χ3v) is 4.16. The first-order chi connectivity index (χ1) is 9.29. The first-order valence-electron chi connectivity index (χ1n) is 7.09. The van der Waals surface area contributed by atoms with Gasteiger partial charge in [0.25, 0.3) is 0 Å². The first-order valence-corrected chi connectivity index (χ1v) is 7.09. The van der Waals surface area contributed by atoms with Crippen molar-refractivity contribution in [2.24, 2.45) is 0 Å². The van der Waals surface area contributed by atoms with Gasteiger partial charge in [-0.1, -0.05) is 30.7 Å². The molecule has 1 atom stereocenters. The van der Waals surface area contributed by atoms with Gasteiger partial charge in [-0.3, -0.25) is 4.68 Å². The lowest BCUT2D eigenvalue weighted by Gasteiger charge is -2.26. The molecule has 0 amide bonds. The van der Waals surface area contributed by atoms with E-state index in [9.17, 15) is 5.11 Å². The molecule has 1 aliphatic carbocycles. The number of aromatic nitrogens is 2. The average molecular weight is 256 g/mol. The quantitative estimate of drug-likeness (QED) is 0.911. The van der Waals surface area contributed by atoms with Crippen molar-refractivity contribution in [3.8, 4) is 0 Å². The minimum Gasteiger partial charge on any atom is -0.382 e. The first kappa shape index (κ1) is 12.4. The van der Waals surface area contributed by atoms with Crippen molar-refractivity contribution in [3.05, 3.63) is 53.3 Å². The Hall–Kier alpha value is -1.61. The normalized spacial score (nSPS) is 17.2. The molecule has 100 valence electrons. The lowest BCUT2D eigenvalue weighted by molar-refractivity contribution is 0.208. The number of hydrogen-bond acceptors (Lipinski definition) is 2. The maximum Gasteiger partial charge on any atom is 0.121 e. The summed E-state index contributed by atoms with van der Waals surface area (Å²) in [4.78, 5) is 0. The second-order valence-electron chi connectivity index (χ2n) is 5.27. The second-order valence-corrected chi connectivity index (χ2v) is 5.27. The highest BCUT2D eigenvalue weighted by molar-refractivity contribution is 5.31. The standard InChI is InChI=1S/C16H20N2O/c1-2-18-15(10-11-17-18)16(19)14-8-6-13(7-9-14)12-4-3-5-12/h6-12,16,19H,2-5H2,1H3. The number of aliphatic hydroxyl groups is 1. The lowest BCUT2D eigenvalue weighted by atomic mass is 9.80. The van der Waals surface area contributed by atoms with Crippen molar-refractivity contribution < 1.29 is 5.11 Å². The Bertz CT molecular complexity index is 540. The molecule has 2 aromatic rings. The topological polar surface area (TPSA) is 38.0 Å². The van der Waals surface area contributed by atoms with Gasteiger partial charge in [-0.25, -0.2) is 0 Å². The Morgan fingerprint density at radius 2 is 2.00 bits per heavy atom. The fraction of sp³-hybridized carbons (Fsp3) is 0.438. The number of hydrogen-bond donors (Lipinski definition) is 1. The van der Waals surface area contributed by atoms with E-state index in [2.05, 4.69) is 17.2 Å². The molecular weight excluding hydrogens is 236 g/mol. The second kappa shape index (κ2) is 5.17. The van der Waals surface area contributed by atoms with Crippen molar-refractivity contribution in [2.75, 3.05) is 0 Å². The van der Waals surface area contributed by atoms with Crippen LogP contribution < -0.4 is 0 Å². The van der Waals surface area contributed by atoms with Crippen LogP contribution in [0.1, 0.15) is 55.0 Å². The van der Waals surface area contributed by atoms with Crippen molar-refractivity contribution >= 4 is 0 Å². The van der Waals surface area contributed by atoms with E-state index in [1.54, 1.807) is 6.20 Å². The van der Waals surface area contributed by atoms with Gasteiger partial charge in [-0.15, -0.1) is 0 Å². The van der Waals surface area contributed by atoms with Crippen LogP contribution in [-0.2, 0) is 6.54 Å². The van der Waals surface area contributed by atoms with Crippen LogP contribution in [0.25, 0.3) is 0 Å². The van der Waals surface area contributed by atoms with Gasteiger partial charge in [0.2, 0.25) is 0 Å². The van der Waals surface area contributed by atoms with Gasteiger partial charge in [-0.2, -0.15) is 5.10 Å². The molecule has 1 aromatic carbocycles. The van der Waals surface area contributed by atoms with Gasteiger partial charge in [0.05, 0.1) is 5.69 Å². The molecule has 0 bridgehead atoms. The molecule has 0 saturated heterocycles. The molecule has 19 heavy (non-hydrogen) atoms. The predicted molar refractivity (Wildman–Crippen MR) is 75.0 cm³/mol. The average Bonchev–Trinajstić information content (AvgIpc) is 2.85. The summed E-state index contributed by atoms with van der Waals surface area (Å²) >= 11 is 0. The summed E-state index contributed by atoms with van der Waals surface area (Å²) in [5, 5.41) is 14.6. The molecule has 3 rings (SSSR count). The predicted octanol–water partition coefficient (Wildman–Crippen LogP) is 3.25. The van der Waals surface area contributed by atoms with E-state index in [4.69, 9.17) is 0 Å². The third-order valence-electron chi connectivity index (χ3n) is 4.16. The van der Waals surface area contributed by atoms with Crippen LogP contribution in [0.15, 0.2) is 36.5 Å². The zero-order valence-electron chi connectivity index (χ0n) is 11.3. The molecule has 0 aliphatic heterocycles. The van der Waals surface area contributed by atoms with Crippen LogP contribution in [0, 0.1) is 0 Å². The van der Waals surface area contributed by atoms with E-state index in [-0.39, 0.29) is 0 Å². The van der Waals surface area contributed by atoms with E-state index < -0.39 is 6.10 Å².